The molecule has 0 spiro atoms. The van der Waals surface area contributed by atoms with Gasteiger partial charge in [-0.2, -0.15) is 0 Å². The van der Waals surface area contributed by atoms with Crippen LogP contribution in [0.25, 0.3) is 0 Å². The summed E-state index contributed by atoms with van der Waals surface area (Å²) in [4.78, 5) is 23.3. The van der Waals surface area contributed by atoms with Crippen LogP contribution in [0.15, 0.2) is 42.5 Å². The molecule has 0 aliphatic rings. The Morgan fingerprint density at radius 1 is 1.18 bits per heavy atom. The van der Waals surface area contributed by atoms with Gasteiger partial charge >= 0.3 is 5.97 Å². The molecule has 1 amide bonds. The molecule has 6 heteroatoms. The summed E-state index contributed by atoms with van der Waals surface area (Å²) in [5.41, 5.74) is 6.53. The molecule has 0 aliphatic carbocycles. The molecule has 0 aliphatic heterocycles. The van der Waals surface area contributed by atoms with E-state index in [1.807, 2.05) is 6.92 Å². The smallest absolute Gasteiger partial charge is 0.337 e. The summed E-state index contributed by atoms with van der Waals surface area (Å²) in [5, 5.41) is 11.7. The number of amides is 1. The number of nitrogen functional groups attached to an aromatic ring is 1. The van der Waals surface area contributed by atoms with Crippen molar-refractivity contribution >= 4 is 23.3 Å². The Hall–Kier alpha value is -3.02. The first-order chi connectivity index (χ1) is 10.5. The van der Waals surface area contributed by atoms with E-state index in [4.69, 9.17) is 15.6 Å². The number of nitrogens with two attached hydrogens (primary N) is 1. The van der Waals surface area contributed by atoms with Crippen molar-refractivity contribution in [2.45, 2.75) is 6.92 Å². The van der Waals surface area contributed by atoms with Gasteiger partial charge < -0.3 is 20.9 Å². The number of carbonyl (C=O) groups is 2. The van der Waals surface area contributed by atoms with Gasteiger partial charge in [-0.15, -0.1) is 0 Å². The van der Waals surface area contributed by atoms with Crippen molar-refractivity contribution in [1.29, 1.82) is 0 Å². The van der Waals surface area contributed by atoms with Crippen molar-refractivity contribution in [3.05, 3.63) is 53.6 Å². The summed E-state index contributed by atoms with van der Waals surface area (Å²) < 4.78 is 5.30. The number of ether oxygens (including phenoxy) is 1. The van der Waals surface area contributed by atoms with Gasteiger partial charge in [0.05, 0.1) is 17.9 Å². The third kappa shape index (κ3) is 3.54. The van der Waals surface area contributed by atoms with Crippen molar-refractivity contribution < 1.29 is 19.4 Å². The number of anilines is 2. The number of nitrogens with one attached hydrogen (secondary N) is 1. The van der Waals surface area contributed by atoms with Crippen molar-refractivity contribution in [2.24, 2.45) is 0 Å². The molecule has 0 bridgehead atoms. The van der Waals surface area contributed by atoms with Crippen molar-refractivity contribution in [2.75, 3.05) is 17.7 Å². The number of carboxylic acid groups (broad SMARTS) is 1. The van der Waals surface area contributed by atoms with E-state index in [1.54, 1.807) is 24.3 Å². The Morgan fingerprint density at radius 2 is 1.86 bits per heavy atom. The van der Waals surface area contributed by atoms with Gasteiger partial charge in [-0.05, 0) is 49.4 Å². The van der Waals surface area contributed by atoms with E-state index >= 15 is 0 Å². The highest BCUT2D eigenvalue weighted by Crippen LogP contribution is 2.21. The van der Waals surface area contributed by atoms with Gasteiger partial charge in [0.2, 0.25) is 0 Å². The predicted molar refractivity (Wildman–Crippen MR) is 83.4 cm³/mol. The van der Waals surface area contributed by atoms with Crippen LogP contribution in [-0.4, -0.2) is 23.6 Å². The topological polar surface area (TPSA) is 102 Å². The van der Waals surface area contributed by atoms with Crippen LogP contribution in [0.4, 0.5) is 11.4 Å². The highest BCUT2D eigenvalue weighted by atomic mass is 16.5. The van der Waals surface area contributed by atoms with Crippen LogP contribution in [0, 0.1) is 0 Å². The molecule has 0 saturated heterocycles. The van der Waals surface area contributed by atoms with Gasteiger partial charge in [-0.25, -0.2) is 4.79 Å². The SMILES string of the molecule is CCOc1ccc(C(=O)Nc2cc(N)ccc2C(=O)O)cc1. The minimum absolute atomic E-state index is 0.0199. The second kappa shape index (κ2) is 6.62. The van der Waals surface area contributed by atoms with Crippen LogP contribution >= 0.6 is 0 Å². The molecule has 2 aromatic rings. The van der Waals surface area contributed by atoms with E-state index in [2.05, 4.69) is 5.32 Å². The zero-order chi connectivity index (χ0) is 16.1. The Morgan fingerprint density at radius 3 is 2.45 bits per heavy atom. The lowest BCUT2D eigenvalue weighted by molar-refractivity contribution is 0.0698. The molecular formula is C16H16N2O4. The number of hydrogen-bond acceptors (Lipinski definition) is 4. The lowest BCUT2D eigenvalue weighted by Crippen LogP contribution is -2.15. The summed E-state index contributed by atoms with van der Waals surface area (Å²) in [6, 6.07) is 10.8. The van der Waals surface area contributed by atoms with Gasteiger partial charge in [0.1, 0.15) is 5.75 Å². The van der Waals surface area contributed by atoms with Gasteiger partial charge in [0.25, 0.3) is 5.91 Å². The molecule has 2 rings (SSSR count). The Balaban J connectivity index is 2.21. The molecule has 114 valence electrons. The quantitative estimate of drug-likeness (QED) is 0.737. The van der Waals surface area contributed by atoms with Crippen molar-refractivity contribution in [3.8, 4) is 5.75 Å². The van der Waals surface area contributed by atoms with Crippen LogP contribution in [0.5, 0.6) is 5.75 Å². The molecule has 0 saturated carbocycles. The van der Waals surface area contributed by atoms with Gasteiger partial charge in [0, 0.05) is 11.3 Å². The lowest BCUT2D eigenvalue weighted by Gasteiger charge is -2.10. The maximum atomic E-state index is 12.2. The van der Waals surface area contributed by atoms with E-state index < -0.39 is 11.9 Å². The molecule has 0 atom stereocenters. The number of benzene rings is 2. The van der Waals surface area contributed by atoms with E-state index in [1.165, 1.54) is 18.2 Å². The van der Waals surface area contributed by atoms with E-state index in [0.717, 1.165) is 0 Å². The molecule has 2 aromatic carbocycles. The Bertz CT molecular complexity index is 696. The van der Waals surface area contributed by atoms with Gasteiger partial charge in [-0.1, -0.05) is 0 Å². The predicted octanol–water partition coefficient (Wildman–Crippen LogP) is 2.62. The highest BCUT2D eigenvalue weighted by molar-refractivity contribution is 6.08. The fourth-order valence-electron chi connectivity index (χ4n) is 1.92. The molecule has 22 heavy (non-hydrogen) atoms. The fraction of sp³-hybridized carbons (Fsp3) is 0.125. The van der Waals surface area contributed by atoms with Crippen LogP contribution in [0.1, 0.15) is 27.6 Å². The standard InChI is InChI=1S/C16H16N2O4/c1-2-22-12-6-3-10(4-7-12)15(19)18-14-9-11(17)5-8-13(14)16(20)21/h3-9H,2,17H2,1H3,(H,18,19)(H,20,21). The highest BCUT2D eigenvalue weighted by Gasteiger charge is 2.14. The van der Waals surface area contributed by atoms with Crippen LogP contribution in [-0.2, 0) is 0 Å². The number of carboxylic acids is 1. The van der Waals surface area contributed by atoms with Crippen molar-refractivity contribution in [1.82, 2.24) is 0 Å². The molecular weight excluding hydrogens is 284 g/mol. The molecule has 0 fully saturated rings. The normalized spacial score (nSPS) is 10.0. The van der Waals surface area contributed by atoms with Crippen LogP contribution < -0.4 is 15.8 Å². The Labute approximate surface area is 127 Å². The third-order valence-electron chi connectivity index (χ3n) is 2.95. The van der Waals surface area contributed by atoms with Crippen molar-refractivity contribution in [3.63, 3.8) is 0 Å². The largest absolute Gasteiger partial charge is 0.494 e. The molecule has 0 aromatic heterocycles. The average molecular weight is 300 g/mol. The summed E-state index contributed by atoms with van der Waals surface area (Å²) in [7, 11) is 0. The average Bonchev–Trinajstić information content (AvgIpc) is 2.48. The summed E-state index contributed by atoms with van der Waals surface area (Å²) in [6.07, 6.45) is 0. The third-order valence-corrected chi connectivity index (χ3v) is 2.95. The molecule has 6 nitrogen and oxygen atoms in total. The summed E-state index contributed by atoms with van der Waals surface area (Å²) in [5.74, 6) is -0.896. The van der Waals surface area contributed by atoms with E-state index in [-0.39, 0.29) is 11.3 Å². The zero-order valence-corrected chi connectivity index (χ0v) is 12.0. The van der Waals surface area contributed by atoms with Gasteiger partial charge in [0.15, 0.2) is 0 Å². The molecule has 0 radical (unpaired) electrons. The second-order valence-corrected chi connectivity index (χ2v) is 4.52. The van der Waals surface area contributed by atoms with E-state index in [0.29, 0.717) is 23.6 Å². The monoisotopic (exact) mass is 300 g/mol. The summed E-state index contributed by atoms with van der Waals surface area (Å²) in [6.45, 7) is 2.41. The number of hydrogen-bond donors (Lipinski definition) is 3. The first-order valence-electron chi connectivity index (χ1n) is 6.68. The van der Waals surface area contributed by atoms with Gasteiger partial charge in [-0.3, -0.25) is 4.79 Å². The van der Waals surface area contributed by atoms with Crippen LogP contribution in [0.3, 0.4) is 0 Å². The number of aromatic carboxylic acids is 1. The molecule has 0 heterocycles. The molecule has 4 N–H and O–H groups in total. The second-order valence-electron chi connectivity index (χ2n) is 4.52. The summed E-state index contributed by atoms with van der Waals surface area (Å²) >= 11 is 0. The number of carbonyl (C=O) groups excluding carboxylic acids is 1. The first kappa shape index (κ1) is 15.4. The number of rotatable bonds is 5. The maximum absolute atomic E-state index is 12.2. The Kier molecular flexibility index (Phi) is 4.63. The minimum atomic E-state index is -1.14. The van der Waals surface area contributed by atoms with Crippen LogP contribution in [0.2, 0.25) is 0 Å². The minimum Gasteiger partial charge on any atom is -0.494 e. The first-order valence-corrected chi connectivity index (χ1v) is 6.68. The lowest BCUT2D eigenvalue weighted by atomic mass is 10.1. The fourth-order valence-corrected chi connectivity index (χ4v) is 1.92. The molecule has 0 unspecified atom stereocenters. The van der Waals surface area contributed by atoms with E-state index in [9.17, 15) is 9.59 Å². The zero-order valence-electron chi connectivity index (χ0n) is 12.0. The maximum Gasteiger partial charge on any atom is 0.337 e.